The predicted octanol–water partition coefficient (Wildman–Crippen LogP) is 3.22. The van der Waals surface area contributed by atoms with Crippen molar-refractivity contribution in [3.63, 3.8) is 0 Å². The molecule has 0 bridgehead atoms. The third kappa shape index (κ3) is 18.7. The van der Waals surface area contributed by atoms with Crippen molar-refractivity contribution < 1.29 is 103 Å². The number of anilines is 1. The molecule has 4 fully saturated rings. The van der Waals surface area contributed by atoms with E-state index in [0.29, 0.717) is 41.2 Å². The Morgan fingerprint density at radius 1 is 0.500 bits per heavy atom. The van der Waals surface area contributed by atoms with Crippen LogP contribution in [0.2, 0.25) is 5.02 Å². The minimum Gasteiger partial charge on any atom is -0.497 e. The lowest BCUT2D eigenvalue weighted by Crippen LogP contribution is -2.33. The summed E-state index contributed by atoms with van der Waals surface area (Å²) >= 11 is 6.30. The first kappa shape index (κ1) is 78.0. The molecule has 0 radical (unpaired) electrons. The quantitative estimate of drug-likeness (QED) is 0.0169. The molecule has 9 heterocycles. The van der Waals surface area contributed by atoms with E-state index in [0.717, 1.165) is 53.3 Å². The zero-order valence-corrected chi connectivity index (χ0v) is 60.1. The number of hydrogen-bond donors (Lipinski definition) is 10. The Hall–Kier alpha value is -7.04. The molecule has 5 aromatic heterocycles. The molecule has 2 aromatic carbocycles. The highest BCUT2D eigenvalue weighted by atomic mass is 35.5. The van der Waals surface area contributed by atoms with Gasteiger partial charge in [0.05, 0.1) is 56.9 Å². The second-order valence-corrected chi connectivity index (χ2v) is 30.8. The molecular weight excluding hydrogens is 1490 g/mol. The first-order valence-electron chi connectivity index (χ1n) is 32.1. The van der Waals surface area contributed by atoms with Gasteiger partial charge in [-0.15, -0.1) is 0 Å². The molecule has 40 nitrogen and oxygen atoms in total. The molecule has 45 heteroatoms. The number of fused-ring (bicyclic) bond motifs is 2. The van der Waals surface area contributed by atoms with Crippen LogP contribution in [0.4, 0.5) is 5.69 Å². The number of ether oxygens (including phenoxy) is 5. The highest BCUT2D eigenvalue weighted by Gasteiger charge is 2.49. The predicted molar refractivity (Wildman–Crippen MR) is 361 cm³/mol. The molecule has 16 atom stereocenters. The third-order valence-corrected chi connectivity index (χ3v) is 21.6. The van der Waals surface area contributed by atoms with E-state index in [4.69, 9.17) is 76.5 Å². The van der Waals surface area contributed by atoms with Crippen LogP contribution in [0.25, 0.3) is 21.8 Å². The lowest BCUT2D eigenvalue weighted by molar-refractivity contribution is -0.0640. The first-order chi connectivity index (χ1) is 49.1. The number of unbranched alkanes of at least 4 members (excludes halogenated alkanes) is 2. The number of phosphoric acid groups is 4. The molecule has 10 N–H and O–H groups in total. The van der Waals surface area contributed by atoms with Gasteiger partial charge in [-0.1, -0.05) is 11.6 Å². The second kappa shape index (κ2) is 32.2. The molecule has 4 aliphatic rings. The summed E-state index contributed by atoms with van der Waals surface area (Å²) in [6, 6.07) is 10.8. The smallest absolute Gasteiger partial charge is 0.472 e. The number of aliphatic hydroxyl groups excluding tert-OH is 1. The van der Waals surface area contributed by atoms with Crippen LogP contribution in [0, 0.1) is 27.7 Å². The number of halogens is 1. The fourth-order valence-corrected chi connectivity index (χ4v) is 16.1. The van der Waals surface area contributed by atoms with Crippen molar-refractivity contribution in [1.29, 1.82) is 0 Å². The molecule has 0 amide bonds. The molecule has 104 heavy (non-hydrogen) atoms. The van der Waals surface area contributed by atoms with Crippen LogP contribution in [0.5, 0.6) is 5.75 Å². The molecule has 4 aliphatic heterocycles. The standard InChI is InChI=1S/C59H73ClN10O30P4/c1-29-21-67(56(76)63-52(29)72)47-17-39(43(25-71)93-47)97-102(82,83)90-27-45-41(19-49(95-45)69-23-31(3)54(74)65-58(69)78)99-104(86,87)92-28-46-42(20-50(96-46)70-24-32(4)55(75)66-59(70)79)100-103(84,85)91-26-44-40(18-48(94-44)68-22-30(2)53(73)64-57(68)77)98-101(80,81)89-14-8-6-7-13-61-51-35-11-9-33(60)15-38(35)62-37-12-10-34(88-5)16-36(37)51/h9-12,15-16,21-24,39-50,71H,6-8,13-14,17-20,25-28H2,1-5H3,(H,61,62)(H,80,81)(H,82,83)(H,84,85)(H,86,87)(H,63,72,76)(H,64,73,77)(H,65,74,78)(H,66,75,79)/t39-,40-,41-,42-,43+,44+,45+,46+,47+,48+,49+,50+/m0/s1. The van der Waals surface area contributed by atoms with Crippen LogP contribution in [-0.2, 0) is 73.4 Å². The lowest BCUT2D eigenvalue weighted by atomic mass is 10.1. The molecule has 0 saturated carbocycles. The maximum atomic E-state index is 14.2. The fourth-order valence-electron chi connectivity index (χ4n) is 12.1. The Balaban J connectivity index is 0.753. The Kier molecular flexibility index (Phi) is 24.2. The van der Waals surface area contributed by atoms with Crippen LogP contribution in [0.3, 0.4) is 0 Å². The number of aromatic amines is 4. The maximum absolute atomic E-state index is 14.2. The maximum Gasteiger partial charge on any atom is 0.472 e. The molecule has 4 saturated heterocycles. The number of hydrogen-bond acceptors (Lipinski definition) is 28. The summed E-state index contributed by atoms with van der Waals surface area (Å²) in [6.45, 7) is 1.70. The van der Waals surface area contributed by atoms with Gasteiger partial charge in [0.1, 0.15) is 79.5 Å². The summed E-state index contributed by atoms with van der Waals surface area (Å²) in [6.07, 6.45) is -14.5. The SMILES string of the molecule is COc1ccc2nc3cc(Cl)ccc3c(NCCCCCOP(=O)(O)O[C@H]3C[C@H](n4cc(C)c(=O)[nH]c4=O)O[C@@H]3COP(=O)(O)O[C@H]3C[C@H](n4cc(C)c(=O)[nH]c4=O)O[C@@H]3COP(=O)(O)O[C@H]3C[C@H](n4cc(C)c(=O)[nH]c4=O)O[C@@H]3COP(=O)(O)O[C@H]3C[C@H](n4cc(C)c(=O)[nH]c4=O)O[C@@H]3CO)c2c1. The Labute approximate surface area is 590 Å². The van der Waals surface area contributed by atoms with Gasteiger partial charge in [-0.3, -0.25) is 93.6 Å². The van der Waals surface area contributed by atoms with E-state index < -0.39 is 196 Å². The van der Waals surface area contributed by atoms with Crippen LogP contribution in [0.1, 0.15) is 92.1 Å². The number of nitrogens with one attached hydrogen (secondary N) is 5. The number of aryl methyl sites for hydroxylation is 4. The van der Waals surface area contributed by atoms with Crippen LogP contribution in [-0.4, -0.2) is 163 Å². The van der Waals surface area contributed by atoms with E-state index >= 15 is 0 Å². The van der Waals surface area contributed by atoms with Crippen molar-refractivity contribution in [2.45, 2.75) is 146 Å². The van der Waals surface area contributed by atoms with Gasteiger partial charge in [0.25, 0.3) is 22.2 Å². The van der Waals surface area contributed by atoms with Crippen molar-refractivity contribution >= 4 is 70.4 Å². The van der Waals surface area contributed by atoms with Crippen molar-refractivity contribution in [1.82, 2.24) is 43.2 Å². The topological polar surface area (TPSA) is 534 Å². The van der Waals surface area contributed by atoms with Gasteiger partial charge in [0.2, 0.25) is 0 Å². The number of aromatic nitrogens is 9. The number of methoxy groups -OCH3 is 1. The number of H-pyrrole nitrogens is 4. The van der Waals surface area contributed by atoms with Gasteiger partial charge >= 0.3 is 54.0 Å². The van der Waals surface area contributed by atoms with E-state index in [1.807, 2.05) is 18.2 Å². The van der Waals surface area contributed by atoms with E-state index in [1.165, 1.54) is 33.9 Å². The number of aliphatic hydroxyl groups is 1. The van der Waals surface area contributed by atoms with Gasteiger partial charge in [-0.25, -0.2) is 42.4 Å². The molecule has 4 unspecified atom stereocenters. The van der Waals surface area contributed by atoms with Crippen molar-refractivity contribution in [3.05, 3.63) is 172 Å². The van der Waals surface area contributed by atoms with Crippen LogP contribution >= 0.6 is 42.9 Å². The van der Waals surface area contributed by atoms with Crippen LogP contribution < -0.4 is 55.0 Å². The minimum atomic E-state index is -5.55. The zero-order valence-electron chi connectivity index (χ0n) is 55.7. The van der Waals surface area contributed by atoms with Crippen LogP contribution in [0.15, 0.2) is 99.5 Å². The van der Waals surface area contributed by atoms with E-state index in [1.54, 1.807) is 25.3 Å². The van der Waals surface area contributed by atoms with Gasteiger partial charge in [-0.05, 0) is 83.4 Å². The van der Waals surface area contributed by atoms with Crippen molar-refractivity contribution in [3.8, 4) is 5.75 Å². The van der Waals surface area contributed by atoms with E-state index in [9.17, 15) is 81.3 Å². The highest BCUT2D eigenvalue weighted by Crippen LogP contribution is 2.55. The Morgan fingerprint density at radius 3 is 1.26 bits per heavy atom. The monoisotopic (exact) mass is 1560 g/mol. The molecule has 0 aliphatic carbocycles. The Bertz CT molecular complexity index is 5080. The first-order valence-corrected chi connectivity index (χ1v) is 38.5. The largest absolute Gasteiger partial charge is 0.497 e. The molecule has 566 valence electrons. The van der Waals surface area contributed by atoms with Gasteiger partial charge in [0, 0.05) is 95.1 Å². The molecule has 0 spiro atoms. The summed E-state index contributed by atoms with van der Waals surface area (Å²) in [7, 11) is -19.8. The molecule has 11 rings (SSSR count). The van der Waals surface area contributed by atoms with Crippen molar-refractivity contribution in [2.24, 2.45) is 0 Å². The van der Waals surface area contributed by atoms with Gasteiger partial charge in [0.15, 0.2) is 0 Å². The lowest BCUT2D eigenvalue weighted by Gasteiger charge is -2.25. The highest BCUT2D eigenvalue weighted by molar-refractivity contribution is 7.48. The number of pyridine rings is 1. The average Bonchev–Trinajstić information content (AvgIpc) is 1.31. The second-order valence-electron chi connectivity index (χ2n) is 24.7. The van der Waals surface area contributed by atoms with E-state index in [2.05, 4.69) is 25.3 Å². The minimum absolute atomic E-state index is 0.00526. The fraction of sp³-hybridized carbons (Fsp3) is 0.508. The number of rotatable bonds is 31. The average molecular weight is 1560 g/mol. The van der Waals surface area contributed by atoms with Gasteiger partial charge in [-0.2, -0.15) is 0 Å². The normalized spacial score (nSPS) is 25.8. The number of benzene rings is 2. The van der Waals surface area contributed by atoms with Gasteiger partial charge < -0.3 is 53.7 Å². The van der Waals surface area contributed by atoms with Crippen molar-refractivity contribution in [2.75, 3.05) is 52.0 Å². The number of phosphoric ester groups is 4. The third-order valence-electron chi connectivity index (χ3n) is 17.3. The number of nitrogens with zero attached hydrogens (tertiary/aromatic N) is 5. The summed E-state index contributed by atoms with van der Waals surface area (Å²) in [5.74, 6) is 0.617. The zero-order chi connectivity index (χ0) is 74.9. The summed E-state index contributed by atoms with van der Waals surface area (Å²) in [5.41, 5.74) is -4.60. The summed E-state index contributed by atoms with van der Waals surface area (Å²) in [4.78, 5) is 159. The summed E-state index contributed by atoms with van der Waals surface area (Å²) in [5, 5.41) is 15.7. The molecule has 7 aromatic rings. The Morgan fingerprint density at radius 2 is 0.875 bits per heavy atom. The van der Waals surface area contributed by atoms with E-state index in [-0.39, 0.29) is 41.7 Å². The molecular formula is C59H73ClN10O30P4. The summed E-state index contributed by atoms with van der Waals surface area (Å²) < 4.78 is 132.